The Hall–Kier alpha value is -2.34. The van der Waals surface area contributed by atoms with Crippen LogP contribution in [0, 0.1) is 5.82 Å². The first-order valence-electron chi connectivity index (χ1n) is 6.99. The van der Waals surface area contributed by atoms with E-state index in [1.54, 1.807) is 6.20 Å². The largest absolute Gasteiger partial charge is 0.354 e. The summed E-state index contributed by atoms with van der Waals surface area (Å²) in [7, 11) is 0. The minimum absolute atomic E-state index is 0.205. The Morgan fingerprint density at radius 2 is 2.00 bits per heavy atom. The van der Waals surface area contributed by atoms with Gasteiger partial charge in [0.05, 0.1) is 5.69 Å². The molecular formula is C16H15FN4S. The lowest BCUT2D eigenvalue weighted by Crippen LogP contribution is -2.15. The molecule has 6 heteroatoms. The number of nitrogens with zero attached hydrogens (tertiary/aromatic N) is 3. The van der Waals surface area contributed by atoms with E-state index < -0.39 is 5.82 Å². The number of aromatic nitrogens is 3. The zero-order chi connectivity index (χ0) is 15.4. The third kappa shape index (κ3) is 2.96. The van der Waals surface area contributed by atoms with Gasteiger partial charge >= 0.3 is 0 Å². The smallest absolute Gasteiger partial charge is 0.186 e. The Morgan fingerprint density at radius 3 is 2.68 bits per heavy atom. The molecule has 0 unspecified atom stereocenters. The second-order valence-electron chi connectivity index (χ2n) is 4.69. The van der Waals surface area contributed by atoms with Crippen molar-refractivity contribution < 1.29 is 4.39 Å². The van der Waals surface area contributed by atoms with E-state index in [0.717, 1.165) is 10.6 Å². The summed E-state index contributed by atoms with van der Waals surface area (Å²) in [6.07, 6.45) is 3.65. The van der Waals surface area contributed by atoms with Gasteiger partial charge in [-0.2, -0.15) is 0 Å². The molecule has 0 aliphatic rings. The topological polar surface area (TPSA) is 50.7 Å². The highest BCUT2D eigenvalue weighted by molar-refractivity contribution is 7.09. The van der Waals surface area contributed by atoms with Crippen molar-refractivity contribution in [3.63, 3.8) is 0 Å². The molecule has 22 heavy (non-hydrogen) atoms. The first-order valence-corrected chi connectivity index (χ1v) is 7.87. The number of nitrogens with one attached hydrogen (secondary N) is 1. The number of benzene rings is 1. The summed E-state index contributed by atoms with van der Waals surface area (Å²) in [5, 5.41) is 5.93. The molecular weight excluding hydrogens is 299 g/mol. The van der Waals surface area contributed by atoms with Gasteiger partial charge in [0, 0.05) is 11.6 Å². The second-order valence-corrected chi connectivity index (χ2v) is 5.62. The van der Waals surface area contributed by atoms with Gasteiger partial charge in [-0.25, -0.2) is 19.3 Å². The molecule has 1 atom stereocenters. The summed E-state index contributed by atoms with van der Waals surface area (Å²) >= 11 is 1.52. The first kappa shape index (κ1) is 14.6. The number of thiazole rings is 1. The number of hydrogen-bond acceptors (Lipinski definition) is 5. The first-order chi connectivity index (χ1) is 10.8. The Labute approximate surface area is 132 Å². The lowest BCUT2D eigenvalue weighted by Gasteiger charge is -2.18. The molecule has 3 rings (SSSR count). The van der Waals surface area contributed by atoms with Crippen molar-refractivity contribution in [3.05, 3.63) is 70.3 Å². The maximum Gasteiger partial charge on any atom is 0.186 e. The molecule has 0 saturated carbocycles. The number of halogens is 1. The fourth-order valence-electron chi connectivity index (χ4n) is 2.20. The average molecular weight is 314 g/mol. The molecule has 1 N–H and O–H groups in total. The Morgan fingerprint density at radius 1 is 1.18 bits per heavy atom. The summed E-state index contributed by atoms with van der Waals surface area (Å²) in [6, 6.07) is 9.58. The molecule has 0 aliphatic carbocycles. The van der Waals surface area contributed by atoms with E-state index in [9.17, 15) is 4.39 Å². The van der Waals surface area contributed by atoms with Crippen LogP contribution in [0.1, 0.15) is 29.2 Å². The van der Waals surface area contributed by atoms with Crippen molar-refractivity contribution in [2.75, 3.05) is 5.32 Å². The molecule has 3 aromatic rings. The predicted molar refractivity (Wildman–Crippen MR) is 85.4 cm³/mol. The van der Waals surface area contributed by atoms with Crippen LogP contribution in [0.2, 0.25) is 0 Å². The van der Waals surface area contributed by atoms with Crippen molar-refractivity contribution in [1.29, 1.82) is 0 Å². The van der Waals surface area contributed by atoms with Crippen LogP contribution in [0.5, 0.6) is 0 Å². The quantitative estimate of drug-likeness (QED) is 0.777. The lowest BCUT2D eigenvalue weighted by atomic mass is 10.1. The molecule has 1 aromatic carbocycles. The van der Waals surface area contributed by atoms with Crippen LogP contribution < -0.4 is 5.32 Å². The lowest BCUT2D eigenvalue weighted by molar-refractivity contribution is 0.595. The molecule has 2 heterocycles. The monoisotopic (exact) mass is 314 g/mol. The molecule has 0 aliphatic heterocycles. The van der Waals surface area contributed by atoms with E-state index in [4.69, 9.17) is 0 Å². The van der Waals surface area contributed by atoms with Crippen molar-refractivity contribution in [3.8, 4) is 0 Å². The highest BCUT2D eigenvalue weighted by Crippen LogP contribution is 2.28. The van der Waals surface area contributed by atoms with E-state index in [2.05, 4.69) is 20.3 Å². The van der Waals surface area contributed by atoms with E-state index >= 15 is 0 Å². The van der Waals surface area contributed by atoms with Crippen molar-refractivity contribution in [2.45, 2.75) is 19.4 Å². The Kier molecular flexibility index (Phi) is 4.39. The molecule has 0 saturated heterocycles. The summed E-state index contributed by atoms with van der Waals surface area (Å²) < 4.78 is 14.4. The maximum atomic E-state index is 14.4. The average Bonchev–Trinajstić information content (AvgIpc) is 3.09. The van der Waals surface area contributed by atoms with Crippen LogP contribution in [0.25, 0.3) is 0 Å². The van der Waals surface area contributed by atoms with Crippen molar-refractivity contribution >= 4 is 17.2 Å². The fourth-order valence-corrected chi connectivity index (χ4v) is 2.91. The van der Waals surface area contributed by atoms with Crippen LogP contribution in [0.4, 0.5) is 10.2 Å². The molecule has 4 nitrogen and oxygen atoms in total. The molecule has 0 fully saturated rings. The Balaban J connectivity index is 1.98. The second kappa shape index (κ2) is 6.62. The number of aryl methyl sites for hydroxylation is 1. The third-order valence-electron chi connectivity index (χ3n) is 3.31. The summed E-state index contributed by atoms with van der Waals surface area (Å²) in [5.41, 5.74) is 1.41. The van der Waals surface area contributed by atoms with Crippen LogP contribution in [0.15, 0.2) is 48.2 Å². The number of hydrogen-bond donors (Lipinski definition) is 1. The molecule has 112 valence electrons. The fraction of sp³-hybridized carbons (Fsp3) is 0.188. The van der Waals surface area contributed by atoms with Crippen LogP contribution in [-0.2, 0) is 6.42 Å². The van der Waals surface area contributed by atoms with E-state index in [-0.39, 0.29) is 11.9 Å². The molecule has 0 spiro atoms. The molecule has 0 radical (unpaired) electrons. The number of rotatable bonds is 5. The van der Waals surface area contributed by atoms with Crippen LogP contribution in [-0.4, -0.2) is 15.0 Å². The normalized spacial score (nSPS) is 12.1. The van der Waals surface area contributed by atoms with Gasteiger partial charge in [0.1, 0.15) is 17.4 Å². The standard InChI is InChI=1S/C16H15FN4S/c1-2-12-13(17)15(20-10-19-12)21-14(16-18-8-9-22-16)11-6-4-3-5-7-11/h3-10,14H,2H2,1H3,(H,19,20,21)/t14-/m0/s1. The highest BCUT2D eigenvalue weighted by atomic mass is 32.1. The van der Waals surface area contributed by atoms with Gasteiger partial charge in [-0.1, -0.05) is 37.3 Å². The van der Waals surface area contributed by atoms with Crippen molar-refractivity contribution in [1.82, 2.24) is 15.0 Å². The summed E-state index contributed by atoms with van der Waals surface area (Å²) in [4.78, 5) is 12.4. The van der Waals surface area contributed by atoms with E-state index in [0.29, 0.717) is 12.1 Å². The minimum atomic E-state index is -0.400. The summed E-state index contributed by atoms with van der Waals surface area (Å²) in [6.45, 7) is 1.87. The third-order valence-corrected chi connectivity index (χ3v) is 4.15. The van der Waals surface area contributed by atoms with E-state index in [1.165, 1.54) is 17.7 Å². The maximum absolute atomic E-state index is 14.4. The summed E-state index contributed by atoms with van der Waals surface area (Å²) in [5.74, 6) is -0.196. The van der Waals surface area contributed by atoms with Gasteiger partial charge in [-0.3, -0.25) is 0 Å². The van der Waals surface area contributed by atoms with Gasteiger partial charge in [0.25, 0.3) is 0 Å². The van der Waals surface area contributed by atoms with Gasteiger partial charge in [0.2, 0.25) is 0 Å². The minimum Gasteiger partial charge on any atom is -0.354 e. The highest BCUT2D eigenvalue weighted by Gasteiger charge is 2.20. The molecule has 2 aromatic heterocycles. The van der Waals surface area contributed by atoms with Crippen LogP contribution in [0.3, 0.4) is 0 Å². The van der Waals surface area contributed by atoms with Gasteiger partial charge in [0.15, 0.2) is 11.6 Å². The molecule has 0 amide bonds. The molecule has 0 bridgehead atoms. The number of anilines is 1. The Bertz CT molecular complexity index is 731. The van der Waals surface area contributed by atoms with Gasteiger partial charge in [-0.05, 0) is 12.0 Å². The predicted octanol–water partition coefficient (Wildman–Crippen LogP) is 3.84. The zero-order valence-electron chi connectivity index (χ0n) is 12.0. The zero-order valence-corrected chi connectivity index (χ0v) is 12.8. The SMILES string of the molecule is CCc1ncnc(N[C@@H](c2ccccc2)c2nccs2)c1F. The van der Waals surface area contributed by atoms with Gasteiger partial charge in [-0.15, -0.1) is 11.3 Å². The van der Waals surface area contributed by atoms with Gasteiger partial charge < -0.3 is 5.32 Å². The van der Waals surface area contributed by atoms with Crippen molar-refractivity contribution in [2.24, 2.45) is 0 Å². The van der Waals surface area contributed by atoms with E-state index in [1.807, 2.05) is 42.6 Å². The van der Waals surface area contributed by atoms with Crippen LogP contribution >= 0.6 is 11.3 Å².